The van der Waals surface area contributed by atoms with Crippen LogP contribution in [0.15, 0.2) is 97.1 Å². The van der Waals surface area contributed by atoms with Gasteiger partial charge in [0.05, 0.1) is 0 Å². The number of benzene rings is 4. The fraction of sp³-hybridized carbons (Fsp3) is 0.375. The standard InChI is InChI=1S/2C17H21.C13H13Si.CH3.Hf/c2*1-16(2)8-9-17(3,4)15-11-13-7-5-6-12(13)10-14(15)16;1-14(12-8-4-2-5-9-12)13-10-6-3-7-11-13;;/h2*5,10-11H,6,8-9H2,1-4H3;2-11,14H,1H2;1H3;/q4*-1;+4. The van der Waals surface area contributed by atoms with Crippen molar-refractivity contribution in [2.75, 3.05) is 0 Å². The van der Waals surface area contributed by atoms with Crippen molar-refractivity contribution in [1.82, 2.24) is 0 Å². The van der Waals surface area contributed by atoms with Gasteiger partial charge in [0.15, 0.2) is 0 Å². The molecule has 0 atom stereocenters. The van der Waals surface area contributed by atoms with E-state index in [0.29, 0.717) is 21.7 Å². The molecule has 0 saturated carbocycles. The second-order valence-electron chi connectivity index (χ2n) is 17.1. The van der Waals surface area contributed by atoms with Gasteiger partial charge in [-0.3, -0.25) is 0 Å². The van der Waals surface area contributed by atoms with Crippen LogP contribution in [0.25, 0.3) is 0 Å². The van der Waals surface area contributed by atoms with Gasteiger partial charge in [0.2, 0.25) is 0 Å². The van der Waals surface area contributed by atoms with Gasteiger partial charge in [-0.15, -0.1) is 23.3 Å². The maximum Gasteiger partial charge on any atom is 4.00 e. The zero-order chi connectivity index (χ0) is 34.3. The Balaban J connectivity index is 0.000000166. The molecule has 4 aromatic carbocycles. The first-order valence-corrected chi connectivity index (χ1v) is 20.1. The molecular formula is C48H58HfSi. The van der Waals surface area contributed by atoms with Gasteiger partial charge in [0.25, 0.3) is 0 Å². The topological polar surface area (TPSA) is 0 Å². The van der Waals surface area contributed by atoms with E-state index in [1.54, 1.807) is 22.3 Å². The van der Waals surface area contributed by atoms with Crippen LogP contribution in [0, 0.1) is 26.1 Å². The third-order valence-electron chi connectivity index (χ3n) is 11.7. The summed E-state index contributed by atoms with van der Waals surface area (Å²) >= 11 is 0. The van der Waals surface area contributed by atoms with Crippen LogP contribution in [0.4, 0.5) is 0 Å². The van der Waals surface area contributed by atoms with Crippen molar-refractivity contribution in [3.8, 4) is 0 Å². The number of hydrogen-bond donors (Lipinski definition) is 0. The molecule has 0 unspecified atom stereocenters. The summed E-state index contributed by atoms with van der Waals surface area (Å²) in [5.74, 6) is 0. The second-order valence-corrected chi connectivity index (χ2v) is 19.6. The first kappa shape index (κ1) is 40.2. The molecule has 4 aliphatic carbocycles. The molecule has 0 saturated heterocycles. The Morgan fingerprint density at radius 2 is 0.800 bits per heavy atom. The maximum atomic E-state index is 4.32. The molecule has 0 heterocycles. The SMILES string of the molecule is CC1(C)CCC(C)(C)c2cc3c(cc21)[C-]=CC3.CC1(C)CCC(C)(C)c2cc3c(cc21)[C-]=CC3.[CH2-][SiH](c1ccccc1)c1ccccc1.[CH3-].[Hf+4]. The van der Waals surface area contributed by atoms with E-state index in [1.165, 1.54) is 58.3 Å². The van der Waals surface area contributed by atoms with E-state index in [4.69, 9.17) is 0 Å². The molecule has 0 nitrogen and oxygen atoms in total. The average Bonchev–Trinajstić information content (AvgIpc) is 3.75. The monoisotopic (exact) mass is 842 g/mol. The summed E-state index contributed by atoms with van der Waals surface area (Å²) in [5.41, 5.74) is 13.2. The van der Waals surface area contributed by atoms with Crippen LogP contribution in [0.1, 0.15) is 126 Å². The van der Waals surface area contributed by atoms with Gasteiger partial charge in [-0.05, 0) is 56.1 Å². The first-order valence-electron chi connectivity index (χ1n) is 18.1. The molecule has 4 aliphatic rings. The summed E-state index contributed by atoms with van der Waals surface area (Å²) < 4.78 is 0. The molecule has 4 aromatic rings. The predicted molar refractivity (Wildman–Crippen MR) is 216 cm³/mol. The Bertz CT molecular complexity index is 1690. The van der Waals surface area contributed by atoms with Gasteiger partial charge in [-0.25, -0.2) is 0 Å². The zero-order valence-corrected chi connectivity index (χ0v) is 37.0. The van der Waals surface area contributed by atoms with Gasteiger partial charge in [-0.1, -0.05) is 162 Å². The van der Waals surface area contributed by atoms with Crippen LogP contribution < -0.4 is 10.4 Å². The Hall–Kier alpha value is -2.55. The van der Waals surface area contributed by atoms with E-state index >= 15 is 0 Å². The quantitative estimate of drug-likeness (QED) is 0.139. The van der Waals surface area contributed by atoms with Crippen LogP contribution in [0.5, 0.6) is 0 Å². The summed E-state index contributed by atoms with van der Waals surface area (Å²) in [5, 5.41) is 2.80. The van der Waals surface area contributed by atoms with Crippen molar-refractivity contribution >= 4 is 19.2 Å². The van der Waals surface area contributed by atoms with Gasteiger partial charge >= 0.3 is 25.8 Å². The number of allylic oxidation sites excluding steroid dienone is 2. The van der Waals surface area contributed by atoms with E-state index in [9.17, 15) is 0 Å². The average molecular weight is 842 g/mol. The normalized spacial score (nSPS) is 18.8. The van der Waals surface area contributed by atoms with E-state index < -0.39 is 8.80 Å². The Morgan fingerprint density at radius 3 is 1.12 bits per heavy atom. The van der Waals surface area contributed by atoms with E-state index in [2.05, 4.69) is 171 Å². The van der Waals surface area contributed by atoms with Gasteiger partial charge in [0, 0.05) is 0 Å². The molecule has 0 spiro atoms. The smallest absolute Gasteiger partial charge is 0.358 e. The van der Waals surface area contributed by atoms with E-state index in [1.807, 2.05) is 0 Å². The van der Waals surface area contributed by atoms with Crippen molar-refractivity contribution in [2.24, 2.45) is 0 Å². The summed E-state index contributed by atoms with van der Waals surface area (Å²) in [4.78, 5) is 0. The molecule has 0 amide bonds. The van der Waals surface area contributed by atoms with Crippen molar-refractivity contribution < 1.29 is 25.8 Å². The third-order valence-corrected chi connectivity index (χ3v) is 14.1. The zero-order valence-electron chi connectivity index (χ0n) is 32.3. The minimum absolute atomic E-state index is 0. The summed E-state index contributed by atoms with van der Waals surface area (Å²) in [6.45, 7) is 23.4. The van der Waals surface area contributed by atoms with Crippen molar-refractivity contribution in [2.45, 2.75) is 116 Å². The van der Waals surface area contributed by atoms with Crippen molar-refractivity contribution in [1.29, 1.82) is 0 Å². The molecule has 0 bridgehead atoms. The van der Waals surface area contributed by atoms with Crippen molar-refractivity contribution in [3.63, 3.8) is 0 Å². The van der Waals surface area contributed by atoms with Crippen LogP contribution in [-0.4, -0.2) is 8.80 Å². The molecule has 8 rings (SSSR count). The summed E-state index contributed by atoms with van der Waals surface area (Å²) in [6.07, 6.45) is 18.4. The molecule has 0 aromatic heterocycles. The minimum Gasteiger partial charge on any atom is -0.358 e. The number of hydrogen-bond acceptors (Lipinski definition) is 0. The largest absolute Gasteiger partial charge is 4.00 e. The molecule has 0 fully saturated rings. The Morgan fingerprint density at radius 1 is 0.500 bits per heavy atom. The molecule has 0 radical (unpaired) electrons. The van der Waals surface area contributed by atoms with Crippen LogP contribution in [0.2, 0.25) is 0 Å². The fourth-order valence-electron chi connectivity index (χ4n) is 8.03. The first-order chi connectivity index (χ1) is 22.7. The molecule has 50 heavy (non-hydrogen) atoms. The maximum absolute atomic E-state index is 4.32. The predicted octanol–water partition coefficient (Wildman–Crippen LogP) is 10.4. The van der Waals surface area contributed by atoms with Crippen molar-refractivity contribution in [3.05, 3.63) is 168 Å². The van der Waals surface area contributed by atoms with Gasteiger partial charge in [-0.2, -0.15) is 47.6 Å². The number of fused-ring (bicyclic) bond motifs is 4. The number of rotatable bonds is 2. The molecule has 0 N–H and O–H groups in total. The third kappa shape index (κ3) is 8.39. The van der Waals surface area contributed by atoms with Crippen LogP contribution >= 0.6 is 0 Å². The molecular weight excluding hydrogens is 783 g/mol. The second kappa shape index (κ2) is 15.6. The summed E-state index contributed by atoms with van der Waals surface area (Å²) in [7, 11) is -1.17. The van der Waals surface area contributed by atoms with Gasteiger partial charge < -0.3 is 14.0 Å². The minimum atomic E-state index is -1.17. The molecule has 0 aliphatic heterocycles. The summed E-state index contributed by atoms with van der Waals surface area (Å²) in [6, 6.07) is 30.8. The van der Waals surface area contributed by atoms with Crippen LogP contribution in [0.3, 0.4) is 0 Å². The molecule has 258 valence electrons. The van der Waals surface area contributed by atoms with E-state index in [0.717, 1.165) is 12.8 Å². The van der Waals surface area contributed by atoms with Crippen LogP contribution in [-0.2, 0) is 60.3 Å². The molecule has 2 heteroatoms. The van der Waals surface area contributed by atoms with E-state index in [-0.39, 0.29) is 33.3 Å². The Labute approximate surface area is 326 Å². The Kier molecular flexibility index (Phi) is 12.5. The fourth-order valence-corrected chi connectivity index (χ4v) is 9.79. The van der Waals surface area contributed by atoms with Gasteiger partial charge in [0.1, 0.15) is 0 Å².